The van der Waals surface area contributed by atoms with Crippen LogP contribution in [0.15, 0.2) is 18.2 Å². The highest BCUT2D eigenvalue weighted by Crippen LogP contribution is 2.30. The summed E-state index contributed by atoms with van der Waals surface area (Å²) in [5.41, 5.74) is 9.89. The van der Waals surface area contributed by atoms with Crippen molar-refractivity contribution in [2.24, 2.45) is 5.73 Å². The van der Waals surface area contributed by atoms with Crippen LogP contribution in [0.1, 0.15) is 35.4 Å². The second-order valence-corrected chi connectivity index (χ2v) is 4.95. The predicted molar refractivity (Wildman–Crippen MR) is 68.7 cm³/mol. The van der Waals surface area contributed by atoms with Crippen molar-refractivity contribution in [3.63, 3.8) is 0 Å². The molecule has 2 heteroatoms. The largest absolute Gasteiger partial charge is 0.330 e. The van der Waals surface area contributed by atoms with Gasteiger partial charge < -0.3 is 11.1 Å². The Bertz CT molecular complexity index is 340. The molecule has 0 aliphatic carbocycles. The van der Waals surface area contributed by atoms with Gasteiger partial charge in [0.25, 0.3) is 0 Å². The molecule has 2 unspecified atom stereocenters. The van der Waals surface area contributed by atoms with E-state index in [4.69, 9.17) is 5.73 Å². The normalized spacial score (nSPS) is 24.9. The fourth-order valence-corrected chi connectivity index (χ4v) is 2.87. The zero-order valence-electron chi connectivity index (χ0n) is 10.3. The van der Waals surface area contributed by atoms with Gasteiger partial charge in [0.15, 0.2) is 0 Å². The lowest BCUT2D eigenvalue weighted by Crippen LogP contribution is -2.28. The van der Waals surface area contributed by atoms with E-state index in [-0.39, 0.29) is 0 Å². The molecule has 0 spiro atoms. The number of benzene rings is 1. The Hall–Kier alpha value is -0.860. The van der Waals surface area contributed by atoms with Gasteiger partial charge in [0.2, 0.25) is 0 Å². The molecule has 1 fully saturated rings. The Morgan fingerprint density at radius 3 is 2.56 bits per heavy atom. The molecule has 2 nitrogen and oxygen atoms in total. The minimum atomic E-state index is 0.575. The van der Waals surface area contributed by atoms with Gasteiger partial charge in [-0.05, 0) is 45.3 Å². The van der Waals surface area contributed by atoms with Crippen molar-refractivity contribution in [2.75, 3.05) is 13.1 Å². The van der Waals surface area contributed by atoms with Crippen LogP contribution in [0.3, 0.4) is 0 Å². The van der Waals surface area contributed by atoms with E-state index in [1.165, 1.54) is 23.1 Å². The van der Waals surface area contributed by atoms with E-state index in [0.29, 0.717) is 12.0 Å². The molecule has 1 aromatic rings. The fraction of sp³-hybridized carbons (Fsp3) is 0.571. The molecule has 1 heterocycles. The van der Waals surface area contributed by atoms with Crippen molar-refractivity contribution in [1.29, 1.82) is 0 Å². The van der Waals surface area contributed by atoms with Gasteiger partial charge in [-0.3, -0.25) is 0 Å². The topological polar surface area (TPSA) is 38.0 Å². The van der Waals surface area contributed by atoms with E-state index in [1.807, 2.05) is 0 Å². The second-order valence-electron chi connectivity index (χ2n) is 4.95. The van der Waals surface area contributed by atoms with Gasteiger partial charge in [0, 0.05) is 12.0 Å². The standard InChI is InChI=1S/C14H22N2/c1-10-7-11(2)9-12(8-10)13-4-6-16-14(13)3-5-15/h7-9,13-14,16H,3-6,15H2,1-2H3. The highest BCUT2D eigenvalue weighted by molar-refractivity contribution is 5.32. The van der Waals surface area contributed by atoms with E-state index in [2.05, 4.69) is 37.4 Å². The Kier molecular flexibility index (Phi) is 3.62. The molecule has 88 valence electrons. The smallest absolute Gasteiger partial charge is 0.0148 e. The number of hydrogen-bond acceptors (Lipinski definition) is 2. The molecule has 0 bridgehead atoms. The highest BCUT2D eigenvalue weighted by Gasteiger charge is 2.27. The summed E-state index contributed by atoms with van der Waals surface area (Å²) in [4.78, 5) is 0. The molecule has 1 saturated heterocycles. The quantitative estimate of drug-likeness (QED) is 0.815. The molecule has 3 N–H and O–H groups in total. The van der Waals surface area contributed by atoms with Crippen LogP contribution in [-0.4, -0.2) is 19.1 Å². The molecule has 16 heavy (non-hydrogen) atoms. The van der Waals surface area contributed by atoms with E-state index < -0.39 is 0 Å². The Labute approximate surface area is 98.2 Å². The Morgan fingerprint density at radius 2 is 1.94 bits per heavy atom. The first-order valence-corrected chi connectivity index (χ1v) is 6.22. The molecule has 0 aromatic heterocycles. The highest BCUT2D eigenvalue weighted by atomic mass is 15.0. The second kappa shape index (κ2) is 4.98. The van der Waals surface area contributed by atoms with Crippen LogP contribution in [0.5, 0.6) is 0 Å². The summed E-state index contributed by atoms with van der Waals surface area (Å²) in [5.74, 6) is 0.655. The van der Waals surface area contributed by atoms with Gasteiger partial charge in [-0.1, -0.05) is 29.3 Å². The summed E-state index contributed by atoms with van der Waals surface area (Å²) in [6.07, 6.45) is 2.32. The Balaban J connectivity index is 2.21. The number of nitrogens with two attached hydrogens (primary N) is 1. The lowest BCUT2D eigenvalue weighted by Gasteiger charge is -2.20. The zero-order chi connectivity index (χ0) is 11.5. The maximum absolute atomic E-state index is 5.67. The number of hydrogen-bond donors (Lipinski definition) is 2. The van der Waals surface area contributed by atoms with E-state index in [0.717, 1.165) is 19.5 Å². The molecule has 0 saturated carbocycles. The molecule has 1 aliphatic heterocycles. The van der Waals surface area contributed by atoms with E-state index >= 15 is 0 Å². The third-order valence-electron chi connectivity index (χ3n) is 3.50. The number of aryl methyl sites for hydroxylation is 2. The number of rotatable bonds is 3. The summed E-state index contributed by atoms with van der Waals surface area (Å²) >= 11 is 0. The summed E-state index contributed by atoms with van der Waals surface area (Å²) in [6, 6.07) is 7.47. The first-order valence-electron chi connectivity index (χ1n) is 6.22. The summed E-state index contributed by atoms with van der Waals surface area (Å²) < 4.78 is 0. The fourth-order valence-electron chi connectivity index (χ4n) is 2.87. The zero-order valence-corrected chi connectivity index (χ0v) is 10.3. The van der Waals surface area contributed by atoms with Crippen molar-refractivity contribution in [3.8, 4) is 0 Å². The maximum atomic E-state index is 5.67. The van der Waals surface area contributed by atoms with Crippen LogP contribution < -0.4 is 11.1 Å². The average molecular weight is 218 g/mol. The lowest BCUT2D eigenvalue weighted by molar-refractivity contribution is 0.515. The first kappa shape index (κ1) is 11.6. The molecular weight excluding hydrogens is 196 g/mol. The molecule has 0 radical (unpaired) electrons. The van der Waals surface area contributed by atoms with Crippen molar-refractivity contribution in [3.05, 3.63) is 34.9 Å². The minimum Gasteiger partial charge on any atom is -0.330 e. The lowest BCUT2D eigenvalue weighted by atomic mass is 9.88. The molecule has 1 aromatic carbocycles. The third-order valence-corrected chi connectivity index (χ3v) is 3.50. The Morgan fingerprint density at radius 1 is 1.25 bits per heavy atom. The van der Waals surface area contributed by atoms with E-state index in [1.54, 1.807) is 0 Å². The first-order chi connectivity index (χ1) is 7.70. The van der Waals surface area contributed by atoms with Crippen molar-refractivity contribution in [2.45, 2.75) is 38.6 Å². The maximum Gasteiger partial charge on any atom is 0.0148 e. The van der Waals surface area contributed by atoms with Crippen LogP contribution in [-0.2, 0) is 0 Å². The van der Waals surface area contributed by atoms with Crippen LogP contribution >= 0.6 is 0 Å². The summed E-state index contributed by atoms with van der Waals surface area (Å²) in [6.45, 7) is 6.26. The summed E-state index contributed by atoms with van der Waals surface area (Å²) in [5, 5.41) is 3.57. The van der Waals surface area contributed by atoms with Crippen LogP contribution in [0.2, 0.25) is 0 Å². The van der Waals surface area contributed by atoms with Gasteiger partial charge >= 0.3 is 0 Å². The monoisotopic (exact) mass is 218 g/mol. The molecule has 1 aliphatic rings. The van der Waals surface area contributed by atoms with Crippen molar-refractivity contribution < 1.29 is 0 Å². The average Bonchev–Trinajstić information content (AvgIpc) is 2.65. The predicted octanol–water partition coefficient (Wildman–Crippen LogP) is 2.10. The van der Waals surface area contributed by atoms with Crippen LogP contribution in [0, 0.1) is 13.8 Å². The molecule has 0 amide bonds. The molecule has 2 rings (SSSR count). The number of nitrogens with one attached hydrogen (secondary N) is 1. The van der Waals surface area contributed by atoms with Gasteiger partial charge in [0.05, 0.1) is 0 Å². The van der Waals surface area contributed by atoms with Gasteiger partial charge in [-0.2, -0.15) is 0 Å². The molecule has 2 atom stereocenters. The van der Waals surface area contributed by atoms with Crippen LogP contribution in [0.25, 0.3) is 0 Å². The summed E-state index contributed by atoms with van der Waals surface area (Å²) in [7, 11) is 0. The van der Waals surface area contributed by atoms with Crippen molar-refractivity contribution >= 4 is 0 Å². The van der Waals surface area contributed by atoms with Gasteiger partial charge in [-0.15, -0.1) is 0 Å². The third kappa shape index (κ3) is 2.45. The van der Waals surface area contributed by atoms with Gasteiger partial charge in [-0.25, -0.2) is 0 Å². The van der Waals surface area contributed by atoms with Crippen molar-refractivity contribution in [1.82, 2.24) is 5.32 Å². The SMILES string of the molecule is Cc1cc(C)cc(C2CCNC2CCN)c1. The van der Waals surface area contributed by atoms with E-state index in [9.17, 15) is 0 Å². The molecular formula is C14H22N2. The minimum absolute atomic E-state index is 0.575. The van der Waals surface area contributed by atoms with Crippen LogP contribution in [0.4, 0.5) is 0 Å². The van der Waals surface area contributed by atoms with Gasteiger partial charge in [0.1, 0.15) is 0 Å².